The van der Waals surface area contributed by atoms with E-state index < -0.39 is 0 Å². The number of hydrogen-bond acceptors (Lipinski definition) is 5. The van der Waals surface area contributed by atoms with E-state index in [9.17, 15) is 5.11 Å². The fraction of sp³-hybridized carbons (Fsp3) is 0.667. The van der Waals surface area contributed by atoms with Crippen molar-refractivity contribution < 1.29 is 14.6 Å². The van der Waals surface area contributed by atoms with Gasteiger partial charge in [-0.05, 0) is 38.1 Å². The van der Waals surface area contributed by atoms with Crippen LogP contribution < -0.4 is 9.47 Å². The van der Waals surface area contributed by atoms with Crippen LogP contribution in [-0.4, -0.2) is 67.5 Å². The molecule has 1 atom stereocenters. The van der Waals surface area contributed by atoms with E-state index in [1.807, 2.05) is 32.0 Å². The summed E-state index contributed by atoms with van der Waals surface area (Å²) in [7, 11) is 0. The SMILES string of the molecule is CCOc1ccc(C(CO)N2CCN(CC)CC2)cc1OCC. The van der Waals surface area contributed by atoms with Crippen LogP contribution in [0, 0.1) is 0 Å². The summed E-state index contributed by atoms with van der Waals surface area (Å²) in [5, 5.41) is 9.92. The summed E-state index contributed by atoms with van der Waals surface area (Å²) in [5.74, 6) is 1.53. The first-order chi connectivity index (χ1) is 11.2. The van der Waals surface area contributed by atoms with E-state index in [1.54, 1.807) is 0 Å². The van der Waals surface area contributed by atoms with Gasteiger partial charge in [0.25, 0.3) is 0 Å². The van der Waals surface area contributed by atoms with Crippen molar-refractivity contribution >= 4 is 0 Å². The summed E-state index contributed by atoms with van der Waals surface area (Å²) < 4.78 is 11.3. The summed E-state index contributed by atoms with van der Waals surface area (Å²) in [6.45, 7) is 12.6. The first-order valence-electron chi connectivity index (χ1n) is 8.70. The molecule has 0 amide bonds. The van der Waals surface area contributed by atoms with Gasteiger partial charge in [-0.15, -0.1) is 0 Å². The molecule has 0 radical (unpaired) electrons. The van der Waals surface area contributed by atoms with Gasteiger partial charge < -0.3 is 19.5 Å². The molecule has 0 bridgehead atoms. The van der Waals surface area contributed by atoms with Crippen LogP contribution in [0.4, 0.5) is 0 Å². The van der Waals surface area contributed by atoms with Crippen LogP contribution in [0.1, 0.15) is 32.4 Å². The second kappa shape index (κ2) is 9.11. The number of piperazine rings is 1. The van der Waals surface area contributed by atoms with Gasteiger partial charge in [0.2, 0.25) is 0 Å². The van der Waals surface area contributed by atoms with Crippen LogP contribution in [0.2, 0.25) is 0 Å². The van der Waals surface area contributed by atoms with Gasteiger partial charge in [0.15, 0.2) is 11.5 Å². The molecule has 5 nitrogen and oxygen atoms in total. The first-order valence-corrected chi connectivity index (χ1v) is 8.70. The highest BCUT2D eigenvalue weighted by Gasteiger charge is 2.24. The number of nitrogens with zero attached hydrogens (tertiary/aromatic N) is 2. The van der Waals surface area contributed by atoms with Gasteiger partial charge in [0.05, 0.1) is 25.9 Å². The number of benzene rings is 1. The molecule has 1 unspecified atom stereocenters. The average molecular weight is 322 g/mol. The molecule has 2 rings (SSSR count). The summed E-state index contributed by atoms with van der Waals surface area (Å²) in [6, 6.07) is 6.03. The van der Waals surface area contributed by atoms with Crippen molar-refractivity contribution in [2.24, 2.45) is 0 Å². The summed E-state index contributed by atoms with van der Waals surface area (Å²) in [4.78, 5) is 4.80. The monoisotopic (exact) mass is 322 g/mol. The van der Waals surface area contributed by atoms with E-state index >= 15 is 0 Å². The largest absolute Gasteiger partial charge is 0.490 e. The first kappa shape index (κ1) is 18.0. The quantitative estimate of drug-likeness (QED) is 0.794. The van der Waals surface area contributed by atoms with Crippen LogP contribution in [0.25, 0.3) is 0 Å². The van der Waals surface area contributed by atoms with E-state index in [1.165, 1.54) is 0 Å². The Bertz CT molecular complexity index is 473. The van der Waals surface area contributed by atoms with E-state index in [0.717, 1.165) is 49.8 Å². The lowest BCUT2D eigenvalue weighted by molar-refractivity contribution is 0.0670. The van der Waals surface area contributed by atoms with Gasteiger partial charge in [-0.3, -0.25) is 4.90 Å². The molecule has 0 aromatic heterocycles. The van der Waals surface area contributed by atoms with Crippen molar-refractivity contribution in [2.45, 2.75) is 26.8 Å². The molecule has 0 saturated carbocycles. The third kappa shape index (κ3) is 4.59. The van der Waals surface area contributed by atoms with Gasteiger partial charge in [-0.25, -0.2) is 0 Å². The highest BCUT2D eigenvalue weighted by atomic mass is 16.5. The lowest BCUT2D eigenvalue weighted by Crippen LogP contribution is -2.48. The maximum absolute atomic E-state index is 9.92. The molecule has 1 aliphatic rings. The molecule has 1 fully saturated rings. The Kier molecular flexibility index (Phi) is 7.15. The molecule has 5 heteroatoms. The Morgan fingerprint density at radius 1 is 1.00 bits per heavy atom. The van der Waals surface area contributed by atoms with Crippen LogP contribution >= 0.6 is 0 Å². The Balaban J connectivity index is 2.15. The van der Waals surface area contributed by atoms with E-state index in [-0.39, 0.29) is 12.6 Å². The van der Waals surface area contributed by atoms with E-state index in [0.29, 0.717) is 13.2 Å². The van der Waals surface area contributed by atoms with Gasteiger partial charge >= 0.3 is 0 Å². The predicted molar refractivity (Wildman–Crippen MR) is 92.3 cm³/mol. The minimum absolute atomic E-state index is 0.0175. The average Bonchev–Trinajstić information content (AvgIpc) is 2.59. The molecule has 1 N–H and O–H groups in total. The number of likely N-dealkylation sites (N-methyl/N-ethyl adjacent to an activating group) is 1. The van der Waals surface area contributed by atoms with Crippen molar-refractivity contribution in [3.63, 3.8) is 0 Å². The Morgan fingerprint density at radius 2 is 1.65 bits per heavy atom. The van der Waals surface area contributed by atoms with Gasteiger partial charge in [0, 0.05) is 26.2 Å². The fourth-order valence-electron chi connectivity index (χ4n) is 3.10. The molecule has 1 aromatic carbocycles. The zero-order chi connectivity index (χ0) is 16.7. The number of ether oxygens (including phenoxy) is 2. The van der Waals surface area contributed by atoms with E-state index in [2.05, 4.69) is 16.7 Å². The molecule has 1 aliphatic heterocycles. The summed E-state index contributed by atoms with van der Waals surface area (Å²) in [6.07, 6.45) is 0. The van der Waals surface area contributed by atoms with Crippen molar-refractivity contribution in [1.29, 1.82) is 0 Å². The van der Waals surface area contributed by atoms with Crippen LogP contribution in [-0.2, 0) is 0 Å². The van der Waals surface area contributed by atoms with Gasteiger partial charge in [-0.1, -0.05) is 13.0 Å². The zero-order valence-electron chi connectivity index (χ0n) is 14.6. The van der Waals surface area contributed by atoms with E-state index in [4.69, 9.17) is 9.47 Å². The molecular weight excluding hydrogens is 292 g/mol. The molecular formula is C18H30N2O3. The van der Waals surface area contributed by atoms with Crippen molar-refractivity contribution in [2.75, 3.05) is 52.5 Å². The highest BCUT2D eigenvalue weighted by Crippen LogP contribution is 2.32. The number of aliphatic hydroxyl groups is 1. The maximum atomic E-state index is 9.92. The lowest BCUT2D eigenvalue weighted by atomic mass is 10.0. The molecule has 0 spiro atoms. The number of aliphatic hydroxyl groups excluding tert-OH is 1. The van der Waals surface area contributed by atoms with Crippen molar-refractivity contribution in [1.82, 2.24) is 9.80 Å². The Hall–Kier alpha value is -1.30. The smallest absolute Gasteiger partial charge is 0.161 e. The van der Waals surface area contributed by atoms with Crippen LogP contribution in [0.3, 0.4) is 0 Å². The van der Waals surface area contributed by atoms with Crippen molar-refractivity contribution in [3.8, 4) is 11.5 Å². The maximum Gasteiger partial charge on any atom is 0.161 e. The minimum atomic E-state index is 0.0175. The Labute approximate surface area is 139 Å². The predicted octanol–water partition coefficient (Wildman–Crippen LogP) is 2.15. The van der Waals surface area contributed by atoms with Crippen LogP contribution in [0.15, 0.2) is 18.2 Å². The third-order valence-corrected chi connectivity index (χ3v) is 4.42. The third-order valence-electron chi connectivity index (χ3n) is 4.42. The molecule has 0 aliphatic carbocycles. The summed E-state index contributed by atoms with van der Waals surface area (Å²) >= 11 is 0. The molecule has 1 saturated heterocycles. The molecule has 1 aromatic rings. The zero-order valence-corrected chi connectivity index (χ0v) is 14.6. The molecule has 1 heterocycles. The molecule has 130 valence electrons. The number of hydrogen-bond donors (Lipinski definition) is 1. The standard InChI is InChI=1S/C18H30N2O3/c1-4-19-9-11-20(12-10-19)16(14-21)15-7-8-17(22-5-2)18(13-15)23-6-3/h7-8,13,16,21H,4-6,9-12,14H2,1-3H3. The number of rotatable bonds is 8. The van der Waals surface area contributed by atoms with Gasteiger partial charge in [-0.2, -0.15) is 0 Å². The summed E-state index contributed by atoms with van der Waals surface area (Å²) in [5.41, 5.74) is 1.09. The second-order valence-electron chi connectivity index (χ2n) is 5.74. The van der Waals surface area contributed by atoms with Crippen LogP contribution in [0.5, 0.6) is 11.5 Å². The topological polar surface area (TPSA) is 45.2 Å². The second-order valence-corrected chi connectivity index (χ2v) is 5.74. The Morgan fingerprint density at radius 3 is 2.22 bits per heavy atom. The normalized spacial score (nSPS) is 17.9. The minimum Gasteiger partial charge on any atom is -0.490 e. The lowest BCUT2D eigenvalue weighted by Gasteiger charge is -2.38. The fourth-order valence-corrected chi connectivity index (χ4v) is 3.10. The van der Waals surface area contributed by atoms with Gasteiger partial charge in [0.1, 0.15) is 0 Å². The highest BCUT2D eigenvalue weighted by molar-refractivity contribution is 5.44. The molecule has 23 heavy (non-hydrogen) atoms. The van der Waals surface area contributed by atoms with Crippen molar-refractivity contribution in [3.05, 3.63) is 23.8 Å².